The lowest BCUT2D eigenvalue weighted by Crippen LogP contribution is -1.98. The standard InChI is InChI=1S/C8H11NO3.C4H4O4.2C2H6/c1-5-8(12)7(4-11)6(3-10)2-9-5;5-3(6)1-2-4(7)8;2*1-2/h2,10-12H,3-4H2,1H3;1-2H,(H,5,6)(H,7,8);2*1-2H3/b;2-1+;;. The van der Waals surface area contributed by atoms with Gasteiger partial charge in [-0.1, -0.05) is 27.7 Å². The molecule has 0 aromatic carbocycles. The number of carboxylic acid groups (broad SMARTS) is 2. The third kappa shape index (κ3) is 12.1. The summed E-state index contributed by atoms with van der Waals surface area (Å²) in [6, 6.07) is 0. The molecule has 1 rings (SSSR count). The van der Waals surface area contributed by atoms with Gasteiger partial charge in [0.25, 0.3) is 0 Å². The molecule has 0 saturated heterocycles. The van der Waals surface area contributed by atoms with Gasteiger partial charge in [0.2, 0.25) is 0 Å². The van der Waals surface area contributed by atoms with Gasteiger partial charge >= 0.3 is 11.9 Å². The Bertz CT molecular complexity index is 497. The van der Waals surface area contributed by atoms with Crippen LogP contribution in [0.15, 0.2) is 18.3 Å². The summed E-state index contributed by atoms with van der Waals surface area (Å²) in [4.78, 5) is 22.9. The number of aryl methyl sites for hydroxylation is 1. The molecule has 0 radical (unpaired) electrons. The Hall–Kier alpha value is -2.45. The molecule has 0 atom stereocenters. The van der Waals surface area contributed by atoms with Crippen LogP contribution in [0, 0.1) is 6.92 Å². The second-order valence-corrected chi connectivity index (χ2v) is 3.52. The number of aliphatic carboxylic acids is 2. The molecule has 1 aromatic rings. The quantitative estimate of drug-likeness (QED) is 0.519. The van der Waals surface area contributed by atoms with Crippen LogP contribution < -0.4 is 0 Å². The van der Waals surface area contributed by atoms with Crippen molar-refractivity contribution in [3.05, 3.63) is 35.2 Å². The van der Waals surface area contributed by atoms with Crippen LogP contribution >= 0.6 is 0 Å². The van der Waals surface area contributed by atoms with E-state index < -0.39 is 11.9 Å². The SMILES string of the molecule is CC.CC.Cc1ncc(CO)c(CO)c1O.O=C(O)/C=C/C(=O)O. The summed E-state index contributed by atoms with van der Waals surface area (Å²) in [5, 5.41) is 42.7. The average Bonchev–Trinajstić information content (AvgIpc) is 2.59. The van der Waals surface area contributed by atoms with E-state index in [9.17, 15) is 14.7 Å². The van der Waals surface area contributed by atoms with Crippen LogP contribution in [0.2, 0.25) is 0 Å². The second kappa shape index (κ2) is 16.9. The highest BCUT2D eigenvalue weighted by atomic mass is 16.4. The van der Waals surface area contributed by atoms with E-state index >= 15 is 0 Å². The van der Waals surface area contributed by atoms with Gasteiger partial charge in [-0.2, -0.15) is 0 Å². The number of hydrogen-bond donors (Lipinski definition) is 5. The molecule has 0 aliphatic heterocycles. The first-order valence-corrected chi connectivity index (χ1v) is 7.35. The number of aliphatic hydroxyl groups is 2. The average molecular weight is 345 g/mol. The zero-order valence-electron chi connectivity index (χ0n) is 14.6. The fraction of sp³-hybridized carbons (Fsp3) is 0.438. The van der Waals surface area contributed by atoms with E-state index in [1.807, 2.05) is 27.7 Å². The van der Waals surface area contributed by atoms with Crippen molar-refractivity contribution in [2.45, 2.75) is 47.8 Å². The highest BCUT2D eigenvalue weighted by Gasteiger charge is 2.09. The molecule has 8 nitrogen and oxygen atoms in total. The van der Waals surface area contributed by atoms with E-state index in [0.717, 1.165) is 0 Å². The largest absolute Gasteiger partial charge is 0.506 e. The monoisotopic (exact) mass is 345 g/mol. The second-order valence-electron chi connectivity index (χ2n) is 3.52. The van der Waals surface area contributed by atoms with Crippen molar-refractivity contribution in [1.29, 1.82) is 0 Å². The van der Waals surface area contributed by atoms with Gasteiger partial charge in [0, 0.05) is 29.5 Å². The summed E-state index contributed by atoms with van der Waals surface area (Å²) < 4.78 is 0. The van der Waals surface area contributed by atoms with Gasteiger partial charge < -0.3 is 25.5 Å². The minimum atomic E-state index is -1.26. The first-order valence-electron chi connectivity index (χ1n) is 7.35. The first-order chi connectivity index (χ1) is 11.3. The number of rotatable bonds is 4. The third-order valence-corrected chi connectivity index (χ3v) is 2.13. The lowest BCUT2D eigenvalue weighted by molar-refractivity contribution is -0.134. The molecule has 138 valence electrons. The van der Waals surface area contributed by atoms with Crippen molar-refractivity contribution in [3.63, 3.8) is 0 Å². The zero-order chi connectivity index (χ0) is 19.7. The molecular weight excluding hydrogens is 318 g/mol. The Morgan fingerprint density at radius 3 is 1.71 bits per heavy atom. The van der Waals surface area contributed by atoms with E-state index in [-0.39, 0.29) is 19.0 Å². The summed E-state index contributed by atoms with van der Waals surface area (Å²) in [6.07, 6.45) is 2.56. The topological polar surface area (TPSA) is 148 Å². The number of aromatic nitrogens is 1. The molecule has 0 bridgehead atoms. The Balaban J connectivity index is -0.000000321. The minimum absolute atomic E-state index is 0.0379. The Morgan fingerprint density at radius 2 is 1.42 bits per heavy atom. The molecule has 1 aromatic heterocycles. The highest BCUT2D eigenvalue weighted by Crippen LogP contribution is 2.23. The molecule has 0 saturated carbocycles. The predicted octanol–water partition coefficient (Wildman–Crippen LogP) is 1.84. The van der Waals surface area contributed by atoms with Crippen LogP contribution in [0.5, 0.6) is 5.75 Å². The van der Waals surface area contributed by atoms with Crippen molar-refractivity contribution >= 4 is 11.9 Å². The van der Waals surface area contributed by atoms with Gasteiger partial charge in [-0.05, 0) is 6.92 Å². The Kier molecular flexibility index (Phi) is 18.6. The molecule has 24 heavy (non-hydrogen) atoms. The predicted molar refractivity (Wildman–Crippen MR) is 89.6 cm³/mol. The number of hydrogen-bond acceptors (Lipinski definition) is 6. The van der Waals surface area contributed by atoms with Gasteiger partial charge in [0.15, 0.2) is 0 Å². The van der Waals surface area contributed by atoms with Crippen molar-refractivity contribution in [3.8, 4) is 5.75 Å². The molecule has 1 heterocycles. The Labute approximate surface area is 141 Å². The molecule has 0 spiro atoms. The lowest BCUT2D eigenvalue weighted by atomic mass is 10.1. The van der Waals surface area contributed by atoms with Crippen molar-refractivity contribution < 1.29 is 35.1 Å². The van der Waals surface area contributed by atoms with Crippen molar-refractivity contribution in [2.24, 2.45) is 0 Å². The fourth-order valence-electron chi connectivity index (χ4n) is 1.14. The zero-order valence-corrected chi connectivity index (χ0v) is 14.6. The van der Waals surface area contributed by atoms with E-state index in [4.69, 9.17) is 20.4 Å². The normalized spacial score (nSPS) is 8.79. The fourth-order valence-corrected chi connectivity index (χ4v) is 1.14. The van der Waals surface area contributed by atoms with Gasteiger partial charge in [-0.25, -0.2) is 9.59 Å². The number of nitrogens with zero attached hydrogens (tertiary/aromatic N) is 1. The summed E-state index contributed by atoms with van der Waals surface area (Å²) in [5.74, 6) is -2.55. The summed E-state index contributed by atoms with van der Waals surface area (Å²) in [7, 11) is 0. The van der Waals surface area contributed by atoms with Crippen LogP contribution in [0.3, 0.4) is 0 Å². The lowest BCUT2D eigenvalue weighted by Gasteiger charge is -2.07. The molecule has 8 heteroatoms. The molecular formula is C16H27NO7. The van der Waals surface area contributed by atoms with Crippen LogP contribution in [-0.4, -0.2) is 42.5 Å². The molecule has 5 N–H and O–H groups in total. The van der Waals surface area contributed by atoms with E-state index in [1.54, 1.807) is 6.92 Å². The van der Waals surface area contributed by atoms with E-state index in [2.05, 4.69) is 4.98 Å². The minimum Gasteiger partial charge on any atom is -0.506 e. The van der Waals surface area contributed by atoms with Gasteiger partial charge in [-0.15, -0.1) is 0 Å². The number of carbonyl (C=O) groups is 2. The number of aromatic hydroxyl groups is 1. The summed E-state index contributed by atoms with van der Waals surface area (Å²) in [6.45, 7) is 9.12. The molecule has 0 amide bonds. The maximum Gasteiger partial charge on any atom is 0.328 e. The molecule has 0 fully saturated rings. The van der Waals surface area contributed by atoms with Crippen molar-refractivity contribution in [2.75, 3.05) is 0 Å². The number of pyridine rings is 1. The first kappa shape index (κ1) is 26.4. The molecule has 0 unspecified atom stereocenters. The highest BCUT2D eigenvalue weighted by molar-refractivity contribution is 5.89. The summed E-state index contributed by atoms with van der Waals surface area (Å²) in [5.41, 5.74) is 1.27. The number of aliphatic hydroxyl groups excluding tert-OH is 2. The van der Waals surface area contributed by atoms with Crippen LogP contribution in [0.4, 0.5) is 0 Å². The van der Waals surface area contributed by atoms with E-state index in [1.165, 1.54) is 6.20 Å². The van der Waals surface area contributed by atoms with Crippen LogP contribution in [-0.2, 0) is 22.8 Å². The van der Waals surface area contributed by atoms with E-state index in [0.29, 0.717) is 29.0 Å². The number of carboxylic acids is 2. The van der Waals surface area contributed by atoms with Crippen LogP contribution in [0.25, 0.3) is 0 Å². The molecule has 0 aliphatic carbocycles. The van der Waals surface area contributed by atoms with Crippen LogP contribution in [0.1, 0.15) is 44.5 Å². The molecule has 0 aliphatic rings. The van der Waals surface area contributed by atoms with Gasteiger partial charge in [0.05, 0.1) is 18.9 Å². The van der Waals surface area contributed by atoms with Crippen molar-refractivity contribution in [1.82, 2.24) is 4.98 Å². The summed E-state index contributed by atoms with van der Waals surface area (Å²) >= 11 is 0. The third-order valence-electron chi connectivity index (χ3n) is 2.13. The maximum absolute atomic E-state index is 9.55. The van der Waals surface area contributed by atoms with Gasteiger partial charge in [0.1, 0.15) is 5.75 Å². The smallest absolute Gasteiger partial charge is 0.328 e. The van der Waals surface area contributed by atoms with Gasteiger partial charge in [-0.3, -0.25) is 4.98 Å². The Morgan fingerprint density at radius 1 is 1.00 bits per heavy atom. The maximum atomic E-state index is 9.55.